The lowest BCUT2D eigenvalue weighted by Gasteiger charge is -2.24. The summed E-state index contributed by atoms with van der Waals surface area (Å²) in [7, 11) is 2.77. The highest BCUT2D eigenvalue weighted by atomic mass is 16.5. The van der Waals surface area contributed by atoms with Gasteiger partial charge in [-0.25, -0.2) is 4.98 Å². The molecule has 0 unspecified atom stereocenters. The first-order valence-corrected chi connectivity index (χ1v) is 11.0. The highest BCUT2D eigenvalue weighted by Gasteiger charge is 2.26. The summed E-state index contributed by atoms with van der Waals surface area (Å²) in [6, 6.07) is 5.71. The number of aliphatic hydroxyl groups is 1. The molecule has 33 heavy (non-hydrogen) atoms. The Morgan fingerprint density at radius 3 is 2.67 bits per heavy atom. The third kappa shape index (κ3) is 4.83. The van der Waals surface area contributed by atoms with Crippen LogP contribution in [0.5, 0.6) is 0 Å². The van der Waals surface area contributed by atoms with Crippen LogP contribution in [0.4, 0.5) is 17.3 Å². The lowest BCUT2D eigenvalue weighted by atomic mass is 10.1. The first kappa shape index (κ1) is 22.7. The Kier molecular flexibility index (Phi) is 6.90. The van der Waals surface area contributed by atoms with Crippen molar-refractivity contribution in [1.82, 2.24) is 24.5 Å². The van der Waals surface area contributed by atoms with E-state index in [1.807, 2.05) is 12.3 Å². The Balaban J connectivity index is 0.00000126. The number of amides is 1. The summed E-state index contributed by atoms with van der Waals surface area (Å²) >= 11 is 0. The van der Waals surface area contributed by atoms with E-state index in [4.69, 9.17) is 9.84 Å². The van der Waals surface area contributed by atoms with Crippen LogP contribution in [-0.4, -0.2) is 63.6 Å². The van der Waals surface area contributed by atoms with Crippen molar-refractivity contribution in [3.8, 4) is 0 Å². The van der Waals surface area contributed by atoms with Crippen molar-refractivity contribution in [1.29, 1.82) is 0 Å². The Bertz CT molecular complexity index is 1180. The Morgan fingerprint density at radius 2 is 1.97 bits per heavy atom. The van der Waals surface area contributed by atoms with Gasteiger partial charge in [0, 0.05) is 51.7 Å². The number of nitrogens with one attached hydrogen (secondary N) is 3. The first-order chi connectivity index (χ1) is 16.1. The molecular weight excluding hydrogens is 426 g/mol. The van der Waals surface area contributed by atoms with Gasteiger partial charge in [-0.15, -0.1) is 0 Å². The smallest absolute Gasteiger partial charge is 0.274 e. The molecule has 0 bridgehead atoms. The van der Waals surface area contributed by atoms with Crippen LogP contribution in [0.3, 0.4) is 0 Å². The van der Waals surface area contributed by atoms with Crippen molar-refractivity contribution < 1.29 is 14.6 Å². The van der Waals surface area contributed by atoms with E-state index in [2.05, 4.69) is 26.0 Å². The van der Waals surface area contributed by atoms with Crippen LogP contribution in [0.2, 0.25) is 0 Å². The molecule has 5 rings (SSSR count). The monoisotopic (exact) mass is 455 g/mol. The third-order valence-corrected chi connectivity index (χ3v) is 5.71. The fraction of sp³-hybridized carbons (Fsp3) is 0.455. The number of ether oxygens (including phenoxy) is 1. The molecule has 1 saturated carbocycles. The minimum Gasteiger partial charge on any atom is -0.400 e. The van der Waals surface area contributed by atoms with Crippen molar-refractivity contribution in [3.05, 3.63) is 46.5 Å². The standard InChI is InChI=1S/C21H25N7O3.CH4O/c1-22-18-11-17(26-19-15(12-23-28(18)19)20(29)24-13-4-5-13)25-16-3-2-8-27(21(16)30)14-6-9-31-10-7-14;1-2/h2-3,8,11-14,22H,4-7,9-10H2,1H3,(H,24,29)(H,25,26);2H,1H3. The average Bonchev–Trinajstić information content (AvgIpc) is 3.56. The predicted octanol–water partition coefficient (Wildman–Crippen LogP) is 1.53. The zero-order chi connectivity index (χ0) is 23.4. The number of aromatic nitrogens is 4. The molecule has 4 heterocycles. The van der Waals surface area contributed by atoms with E-state index >= 15 is 0 Å². The maximum absolute atomic E-state index is 13.1. The van der Waals surface area contributed by atoms with Crippen LogP contribution in [-0.2, 0) is 4.74 Å². The number of carbonyl (C=O) groups is 1. The fourth-order valence-corrected chi connectivity index (χ4v) is 3.85. The normalized spacial score (nSPS) is 16.1. The van der Waals surface area contributed by atoms with E-state index in [1.54, 1.807) is 28.3 Å². The molecule has 3 aromatic rings. The van der Waals surface area contributed by atoms with Crippen LogP contribution in [0, 0.1) is 0 Å². The van der Waals surface area contributed by atoms with Crippen LogP contribution in [0.1, 0.15) is 42.1 Å². The van der Waals surface area contributed by atoms with E-state index < -0.39 is 0 Å². The molecule has 0 spiro atoms. The molecule has 4 N–H and O–H groups in total. The molecule has 1 amide bonds. The summed E-state index contributed by atoms with van der Waals surface area (Å²) in [4.78, 5) is 30.3. The van der Waals surface area contributed by atoms with Gasteiger partial charge >= 0.3 is 0 Å². The van der Waals surface area contributed by atoms with E-state index in [0.717, 1.165) is 32.8 Å². The first-order valence-electron chi connectivity index (χ1n) is 11.0. The van der Waals surface area contributed by atoms with Crippen LogP contribution in [0.25, 0.3) is 5.65 Å². The molecule has 1 aliphatic heterocycles. The van der Waals surface area contributed by atoms with Gasteiger partial charge in [-0.3, -0.25) is 9.59 Å². The molecule has 1 saturated heterocycles. The summed E-state index contributed by atoms with van der Waals surface area (Å²) in [6.07, 6.45) is 6.96. The number of anilines is 3. The number of fused-ring (bicyclic) bond motifs is 1. The minimum atomic E-state index is -0.189. The molecule has 0 radical (unpaired) electrons. The lowest BCUT2D eigenvalue weighted by Crippen LogP contribution is -2.29. The zero-order valence-corrected chi connectivity index (χ0v) is 18.7. The second kappa shape index (κ2) is 10.0. The Hall–Kier alpha value is -3.44. The number of carbonyl (C=O) groups excluding carboxylic acids is 1. The minimum absolute atomic E-state index is 0.109. The van der Waals surface area contributed by atoms with E-state index in [0.29, 0.717) is 41.7 Å². The van der Waals surface area contributed by atoms with Gasteiger partial charge in [0.25, 0.3) is 11.5 Å². The Labute approximate surface area is 190 Å². The van der Waals surface area contributed by atoms with Gasteiger partial charge in [0.05, 0.1) is 6.20 Å². The summed E-state index contributed by atoms with van der Waals surface area (Å²) < 4.78 is 8.76. The van der Waals surface area contributed by atoms with E-state index in [-0.39, 0.29) is 23.6 Å². The van der Waals surface area contributed by atoms with Crippen LogP contribution >= 0.6 is 0 Å². The molecule has 11 nitrogen and oxygen atoms in total. The van der Waals surface area contributed by atoms with Gasteiger partial charge in [-0.2, -0.15) is 9.61 Å². The quantitative estimate of drug-likeness (QED) is 0.440. The van der Waals surface area contributed by atoms with Crippen molar-refractivity contribution >= 4 is 28.9 Å². The molecule has 176 valence electrons. The van der Waals surface area contributed by atoms with Crippen molar-refractivity contribution in [2.45, 2.75) is 37.8 Å². The largest absolute Gasteiger partial charge is 0.400 e. The van der Waals surface area contributed by atoms with Gasteiger partial charge < -0.3 is 30.4 Å². The highest BCUT2D eigenvalue weighted by molar-refractivity contribution is 6.00. The SMILES string of the molecule is CNc1cc(Nc2cccn(C3CCOCC3)c2=O)nc2c(C(=O)NC3CC3)cnn12.CO. The van der Waals surface area contributed by atoms with E-state index in [1.165, 1.54) is 6.20 Å². The molecular formula is C22H29N7O4. The van der Waals surface area contributed by atoms with Crippen molar-refractivity contribution in [3.63, 3.8) is 0 Å². The van der Waals surface area contributed by atoms with Gasteiger partial charge in [0.15, 0.2) is 5.65 Å². The van der Waals surface area contributed by atoms with Gasteiger partial charge in [-0.1, -0.05) is 0 Å². The maximum atomic E-state index is 13.1. The summed E-state index contributed by atoms with van der Waals surface area (Å²) in [5, 5.41) is 20.5. The van der Waals surface area contributed by atoms with Crippen LogP contribution in [0.15, 0.2) is 35.4 Å². The molecule has 2 aliphatic rings. The molecule has 2 fully saturated rings. The molecule has 1 aliphatic carbocycles. The van der Waals surface area contributed by atoms with Crippen molar-refractivity contribution in [2.75, 3.05) is 38.0 Å². The summed E-state index contributed by atoms with van der Waals surface area (Å²) in [6.45, 7) is 1.32. The number of aliphatic hydroxyl groups excluding tert-OH is 1. The van der Waals surface area contributed by atoms with Gasteiger partial charge in [0.1, 0.15) is 22.9 Å². The Morgan fingerprint density at radius 1 is 1.21 bits per heavy atom. The number of hydrogen-bond donors (Lipinski definition) is 4. The zero-order valence-electron chi connectivity index (χ0n) is 18.7. The second-order valence-electron chi connectivity index (χ2n) is 7.92. The van der Waals surface area contributed by atoms with E-state index in [9.17, 15) is 9.59 Å². The maximum Gasteiger partial charge on any atom is 0.274 e. The third-order valence-electron chi connectivity index (χ3n) is 5.71. The van der Waals surface area contributed by atoms with Crippen LogP contribution < -0.4 is 21.5 Å². The summed E-state index contributed by atoms with van der Waals surface area (Å²) in [5.41, 5.74) is 1.14. The lowest BCUT2D eigenvalue weighted by molar-refractivity contribution is 0.0687. The fourth-order valence-electron chi connectivity index (χ4n) is 3.85. The average molecular weight is 456 g/mol. The molecule has 0 aromatic carbocycles. The topological polar surface area (TPSA) is 135 Å². The highest BCUT2D eigenvalue weighted by Crippen LogP contribution is 2.24. The molecule has 3 aromatic heterocycles. The van der Waals surface area contributed by atoms with Gasteiger partial charge in [0.2, 0.25) is 0 Å². The predicted molar refractivity (Wildman–Crippen MR) is 124 cm³/mol. The second-order valence-corrected chi connectivity index (χ2v) is 7.92. The molecule has 11 heteroatoms. The van der Waals surface area contributed by atoms with Gasteiger partial charge in [-0.05, 0) is 37.8 Å². The number of rotatable bonds is 6. The summed E-state index contributed by atoms with van der Waals surface area (Å²) in [5.74, 6) is 0.920. The van der Waals surface area contributed by atoms with Crippen molar-refractivity contribution in [2.24, 2.45) is 0 Å². The number of pyridine rings is 1. The number of nitrogens with zero attached hydrogens (tertiary/aromatic N) is 4. The molecule has 0 atom stereocenters. The number of hydrogen-bond acceptors (Lipinski definition) is 8.